The first-order valence-electron chi connectivity index (χ1n) is 12.6. The average Bonchev–Trinajstić information content (AvgIpc) is 3.23. The molecule has 2 aromatic carbocycles. The van der Waals surface area contributed by atoms with Crippen molar-refractivity contribution in [2.75, 3.05) is 23.7 Å². The summed E-state index contributed by atoms with van der Waals surface area (Å²) in [5, 5.41) is 4.39. The minimum Gasteiger partial charge on any atom is -0.495 e. The molecule has 0 radical (unpaired) electrons. The zero-order valence-corrected chi connectivity index (χ0v) is 23.5. The Morgan fingerprint density at radius 2 is 1.75 bits per heavy atom. The third-order valence-electron chi connectivity index (χ3n) is 6.78. The van der Waals surface area contributed by atoms with Crippen molar-refractivity contribution in [1.29, 1.82) is 0 Å². The van der Waals surface area contributed by atoms with Gasteiger partial charge >= 0.3 is 0 Å². The molecule has 1 aliphatic carbocycles. The van der Waals surface area contributed by atoms with Gasteiger partial charge < -0.3 is 10.1 Å². The van der Waals surface area contributed by atoms with Crippen LogP contribution in [0.2, 0.25) is 0 Å². The Balaban J connectivity index is 1.57. The normalized spacial score (nSPS) is 15.0. The number of hydrogen-bond donors (Lipinski definition) is 2. The number of nitrogens with one attached hydrogen (secondary N) is 2. The number of aryl methyl sites for hydroxylation is 1. The maximum absolute atomic E-state index is 13.4. The SMILES string of the molecule is COc1ccc(-c2sc(NCC3CCCCC3)nc2C)cc1S(=O)(=O)Nc1ccc(C(C)(C)C)cc1. The van der Waals surface area contributed by atoms with Crippen LogP contribution in [0.4, 0.5) is 10.8 Å². The molecule has 0 bridgehead atoms. The van der Waals surface area contributed by atoms with Gasteiger partial charge in [0, 0.05) is 12.2 Å². The number of rotatable bonds is 8. The summed E-state index contributed by atoms with van der Waals surface area (Å²) in [6.45, 7) is 9.28. The van der Waals surface area contributed by atoms with Crippen LogP contribution in [-0.2, 0) is 15.4 Å². The predicted octanol–water partition coefficient (Wildman–Crippen LogP) is 7.22. The molecule has 1 fully saturated rings. The number of thiazole rings is 1. The largest absolute Gasteiger partial charge is 0.495 e. The standard InChI is InChI=1S/C28H37N3O3S2/c1-19-26(35-27(30-19)29-18-20-9-7-6-8-10-20)21-11-16-24(34-5)25(17-21)36(32,33)31-23-14-12-22(13-15-23)28(2,3)4/h11-17,20,31H,6-10,18H2,1-5H3,(H,29,30). The van der Waals surface area contributed by atoms with E-state index in [1.807, 2.05) is 25.1 Å². The van der Waals surface area contributed by atoms with Crippen LogP contribution in [0.3, 0.4) is 0 Å². The van der Waals surface area contributed by atoms with E-state index in [1.54, 1.807) is 35.6 Å². The highest BCUT2D eigenvalue weighted by Gasteiger charge is 2.23. The summed E-state index contributed by atoms with van der Waals surface area (Å²) < 4.78 is 34.9. The topological polar surface area (TPSA) is 80.3 Å². The van der Waals surface area contributed by atoms with Crippen LogP contribution in [0.15, 0.2) is 47.4 Å². The Labute approximate surface area is 219 Å². The van der Waals surface area contributed by atoms with Crippen LogP contribution in [0, 0.1) is 12.8 Å². The predicted molar refractivity (Wildman–Crippen MR) is 150 cm³/mol. The summed E-state index contributed by atoms with van der Waals surface area (Å²) in [5.41, 5.74) is 3.33. The summed E-state index contributed by atoms with van der Waals surface area (Å²) in [7, 11) is -2.39. The summed E-state index contributed by atoms with van der Waals surface area (Å²) in [6, 6.07) is 12.8. The molecule has 0 aliphatic heterocycles. The van der Waals surface area contributed by atoms with Crippen molar-refractivity contribution in [1.82, 2.24) is 4.98 Å². The van der Waals surface area contributed by atoms with Gasteiger partial charge in [0.25, 0.3) is 10.0 Å². The molecule has 36 heavy (non-hydrogen) atoms. The molecule has 194 valence electrons. The number of nitrogens with zero attached hydrogens (tertiary/aromatic N) is 1. The van der Waals surface area contributed by atoms with E-state index in [0.29, 0.717) is 17.4 Å². The lowest BCUT2D eigenvalue weighted by Gasteiger charge is -2.21. The number of hydrogen-bond acceptors (Lipinski definition) is 6. The zero-order valence-electron chi connectivity index (χ0n) is 21.8. The molecule has 2 N–H and O–H groups in total. The van der Waals surface area contributed by atoms with Gasteiger partial charge in [-0.05, 0) is 72.6 Å². The molecular weight excluding hydrogens is 490 g/mol. The van der Waals surface area contributed by atoms with Crippen LogP contribution in [0.5, 0.6) is 5.75 Å². The number of methoxy groups -OCH3 is 1. The Hall–Kier alpha value is -2.58. The molecule has 0 spiro atoms. The van der Waals surface area contributed by atoms with Crippen LogP contribution in [0.1, 0.15) is 64.1 Å². The highest BCUT2D eigenvalue weighted by molar-refractivity contribution is 7.92. The fourth-order valence-electron chi connectivity index (χ4n) is 4.64. The van der Waals surface area contributed by atoms with Crippen molar-refractivity contribution in [3.63, 3.8) is 0 Å². The van der Waals surface area contributed by atoms with Gasteiger partial charge in [-0.3, -0.25) is 4.72 Å². The molecule has 0 unspecified atom stereocenters. The third kappa shape index (κ3) is 6.21. The summed E-state index contributed by atoms with van der Waals surface area (Å²) in [4.78, 5) is 5.77. The number of benzene rings is 2. The average molecular weight is 528 g/mol. The van der Waals surface area contributed by atoms with Crippen molar-refractivity contribution < 1.29 is 13.2 Å². The molecule has 1 aromatic heterocycles. The van der Waals surface area contributed by atoms with Crippen LogP contribution in [-0.4, -0.2) is 27.1 Å². The molecule has 0 amide bonds. The maximum atomic E-state index is 13.4. The van der Waals surface area contributed by atoms with Gasteiger partial charge in [0.2, 0.25) is 0 Å². The highest BCUT2D eigenvalue weighted by atomic mass is 32.2. The van der Waals surface area contributed by atoms with Crippen LogP contribution in [0.25, 0.3) is 10.4 Å². The Morgan fingerprint density at radius 1 is 1.06 bits per heavy atom. The first-order chi connectivity index (χ1) is 17.1. The number of ether oxygens (including phenoxy) is 1. The van der Waals surface area contributed by atoms with E-state index in [2.05, 4.69) is 30.8 Å². The summed E-state index contributed by atoms with van der Waals surface area (Å²) in [5.74, 6) is 1.00. The lowest BCUT2D eigenvalue weighted by molar-refractivity contribution is 0.373. The molecular formula is C28H37N3O3S2. The summed E-state index contributed by atoms with van der Waals surface area (Å²) in [6.07, 6.45) is 6.52. The third-order valence-corrected chi connectivity index (χ3v) is 9.35. The second-order valence-electron chi connectivity index (χ2n) is 10.6. The van der Waals surface area contributed by atoms with E-state index >= 15 is 0 Å². The molecule has 1 saturated carbocycles. The van der Waals surface area contributed by atoms with Gasteiger partial charge in [-0.15, -0.1) is 0 Å². The monoisotopic (exact) mass is 527 g/mol. The molecule has 0 atom stereocenters. The van der Waals surface area contributed by atoms with E-state index in [4.69, 9.17) is 9.72 Å². The van der Waals surface area contributed by atoms with Gasteiger partial charge in [0.1, 0.15) is 10.6 Å². The van der Waals surface area contributed by atoms with E-state index < -0.39 is 10.0 Å². The lowest BCUT2D eigenvalue weighted by Crippen LogP contribution is -2.16. The fourth-order valence-corrected chi connectivity index (χ4v) is 6.86. The molecule has 8 heteroatoms. The van der Waals surface area contributed by atoms with Gasteiger partial charge in [0.15, 0.2) is 5.13 Å². The van der Waals surface area contributed by atoms with Crippen molar-refractivity contribution in [2.24, 2.45) is 5.92 Å². The minimum atomic E-state index is -3.87. The Kier molecular flexibility index (Phi) is 7.95. The lowest BCUT2D eigenvalue weighted by atomic mass is 9.87. The first-order valence-corrected chi connectivity index (χ1v) is 14.9. The molecule has 3 aromatic rings. The van der Waals surface area contributed by atoms with Crippen molar-refractivity contribution in [2.45, 2.75) is 70.1 Å². The zero-order chi connectivity index (χ0) is 25.9. The quantitative estimate of drug-likeness (QED) is 0.323. The van der Waals surface area contributed by atoms with E-state index in [1.165, 1.54) is 39.2 Å². The highest BCUT2D eigenvalue weighted by Crippen LogP contribution is 2.37. The van der Waals surface area contributed by atoms with E-state index in [9.17, 15) is 8.42 Å². The van der Waals surface area contributed by atoms with Crippen LogP contribution >= 0.6 is 11.3 Å². The van der Waals surface area contributed by atoms with Crippen molar-refractivity contribution in [3.05, 3.63) is 53.7 Å². The molecule has 1 heterocycles. The number of aromatic nitrogens is 1. The van der Waals surface area contributed by atoms with Crippen molar-refractivity contribution >= 4 is 32.2 Å². The van der Waals surface area contributed by atoms with Gasteiger partial charge in [-0.1, -0.05) is 63.5 Å². The molecule has 1 aliphatic rings. The van der Waals surface area contributed by atoms with Gasteiger partial charge in [-0.2, -0.15) is 0 Å². The first kappa shape index (κ1) is 26.5. The van der Waals surface area contributed by atoms with E-state index in [0.717, 1.165) is 33.4 Å². The minimum absolute atomic E-state index is 0.00826. The second-order valence-corrected chi connectivity index (χ2v) is 13.3. The fraction of sp³-hybridized carbons (Fsp3) is 0.464. The second kappa shape index (κ2) is 10.8. The Bertz CT molecular complexity index is 1290. The van der Waals surface area contributed by atoms with Crippen LogP contribution < -0.4 is 14.8 Å². The number of anilines is 2. The van der Waals surface area contributed by atoms with Gasteiger partial charge in [-0.25, -0.2) is 13.4 Å². The smallest absolute Gasteiger partial charge is 0.265 e. The van der Waals surface area contributed by atoms with E-state index in [-0.39, 0.29) is 10.3 Å². The number of sulfonamides is 1. The summed E-state index contributed by atoms with van der Waals surface area (Å²) >= 11 is 1.56. The van der Waals surface area contributed by atoms with Crippen molar-refractivity contribution in [3.8, 4) is 16.2 Å². The molecule has 6 nitrogen and oxygen atoms in total. The molecule has 0 saturated heterocycles. The van der Waals surface area contributed by atoms with Gasteiger partial charge in [0.05, 0.1) is 17.7 Å². The Morgan fingerprint density at radius 3 is 2.39 bits per heavy atom. The molecule has 4 rings (SSSR count). The maximum Gasteiger partial charge on any atom is 0.265 e.